The Labute approximate surface area is 106 Å². The van der Waals surface area contributed by atoms with Gasteiger partial charge in [-0.3, -0.25) is 0 Å². The molecular formula is C9H8ClF3N2OS. The first-order valence-corrected chi connectivity index (χ1v) is 5.10. The summed E-state index contributed by atoms with van der Waals surface area (Å²) >= 11 is 10.3. The number of hydrogen-bond donors (Lipinski definition) is 2. The van der Waals surface area contributed by atoms with Crippen molar-refractivity contribution < 1.29 is 17.9 Å². The monoisotopic (exact) mass is 284 g/mol. The molecule has 17 heavy (non-hydrogen) atoms. The smallest absolute Gasteiger partial charge is 0.404 e. The van der Waals surface area contributed by atoms with Crippen molar-refractivity contribution in [2.75, 3.05) is 5.32 Å². The van der Waals surface area contributed by atoms with Gasteiger partial charge in [-0.2, -0.15) is 0 Å². The Hall–Kier alpha value is -1.21. The number of aryl methyl sites for hydroxylation is 1. The Bertz CT molecular complexity index is 451. The molecule has 0 amide bonds. The van der Waals surface area contributed by atoms with Crippen LogP contribution in [0.15, 0.2) is 12.1 Å². The average molecular weight is 285 g/mol. The fraction of sp³-hybridized carbons (Fsp3) is 0.222. The molecule has 0 unspecified atom stereocenters. The van der Waals surface area contributed by atoms with Gasteiger partial charge in [0, 0.05) is 5.69 Å². The highest BCUT2D eigenvalue weighted by atomic mass is 35.5. The topological polar surface area (TPSA) is 47.3 Å². The fourth-order valence-electron chi connectivity index (χ4n) is 1.13. The molecule has 0 radical (unpaired) electrons. The number of rotatable bonds is 2. The van der Waals surface area contributed by atoms with Crippen LogP contribution in [0.1, 0.15) is 5.56 Å². The molecule has 0 spiro atoms. The van der Waals surface area contributed by atoms with Crippen LogP contribution in [0.5, 0.6) is 5.75 Å². The van der Waals surface area contributed by atoms with E-state index < -0.39 is 12.1 Å². The maximum absolute atomic E-state index is 12.0. The van der Waals surface area contributed by atoms with Crippen molar-refractivity contribution in [3.63, 3.8) is 0 Å². The van der Waals surface area contributed by atoms with E-state index in [2.05, 4.69) is 22.3 Å². The second-order valence-electron chi connectivity index (χ2n) is 3.13. The van der Waals surface area contributed by atoms with E-state index in [1.165, 1.54) is 6.07 Å². The van der Waals surface area contributed by atoms with Crippen LogP contribution in [-0.4, -0.2) is 11.5 Å². The summed E-state index contributed by atoms with van der Waals surface area (Å²) in [7, 11) is 0. The zero-order valence-electron chi connectivity index (χ0n) is 8.56. The van der Waals surface area contributed by atoms with Crippen LogP contribution in [0.25, 0.3) is 0 Å². The Kier molecular flexibility index (Phi) is 4.05. The number of halogens is 4. The lowest BCUT2D eigenvalue weighted by atomic mass is 10.2. The van der Waals surface area contributed by atoms with Gasteiger partial charge in [0.2, 0.25) is 0 Å². The molecular weight excluding hydrogens is 277 g/mol. The van der Waals surface area contributed by atoms with Crippen LogP contribution in [0.4, 0.5) is 18.9 Å². The van der Waals surface area contributed by atoms with Crippen LogP contribution >= 0.6 is 23.8 Å². The predicted octanol–water partition coefficient (Wildman–Crippen LogP) is 3.20. The largest absolute Gasteiger partial charge is 0.573 e. The third-order valence-corrected chi connectivity index (χ3v) is 2.16. The predicted molar refractivity (Wildman–Crippen MR) is 63.3 cm³/mol. The molecule has 0 saturated carbocycles. The second kappa shape index (κ2) is 4.97. The number of nitrogens with one attached hydrogen (secondary N) is 1. The van der Waals surface area contributed by atoms with Crippen molar-refractivity contribution in [3.8, 4) is 5.75 Å². The molecule has 94 valence electrons. The quantitative estimate of drug-likeness (QED) is 0.819. The van der Waals surface area contributed by atoms with Gasteiger partial charge >= 0.3 is 6.36 Å². The molecule has 0 bridgehead atoms. The lowest BCUT2D eigenvalue weighted by molar-refractivity contribution is -0.274. The number of hydrogen-bond acceptors (Lipinski definition) is 2. The van der Waals surface area contributed by atoms with E-state index in [4.69, 9.17) is 17.3 Å². The summed E-state index contributed by atoms with van der Waals surface area (Å²) in [5.41, 5.74) is 6.15. The van der Waals surface area contributed by atoms with Gasteiger partial charge in [-0.25, -0.2) is 0 Å². The molecule has 0 aliphatic carbocycles. The van der Waals surface area contributed by atoms with Gasteiger partial charge in [0.05, 0.1) is 5.02 Å². The van der Waals surface area contributed by atoms with Crippen LogP contribution in [0.2, 0.25) is 5.02 Å². The minimum absolute atomic E-state index is 0.00587. The second-order valence-corrected chi connectivity index (χ2v) is 3.98. The van der Waals surface area contributed by atoms with Gasteiger partial charge < -0.3 is 15.8 Å². The van der Waals surface area contributed by atoms with E-state index in [1.54, 1.807) is 6.92 Å². The number of alkyl halides is 3. The third kappa shape index (κ3) is 4.27. The zero-order valence-corrected chi connectivity index (χ0v) is 10.1. The number of nitrogens with two attached hydrogens (primary N) is 1. The first-order valence-electron chi connectivity index (χ1n) is 4.31. The molecule has 0 heterocycles. The summed E-state index contributed by atoms with van der Waals surface area (Å²) in [6.07, 6.45) is -4.78. The summed E-state index contributed by atoms with van der Waals surface area (Å²) < 4.78 is 39.8. The lowest BCUT2D eigenvalue weighted by Crippen LogP contribution is -2.20. The van der Waals surface area contributed by atoms with Gasteiger partial charge in [-0.05, 0) is 36.8 Å². The van der Waals surface area contributed by atoms with Crippen molar-refractivity contribution >= 4 is 34.6 Å². The van der Waals surface area contributed by atoms with E-state index >= 15 is 0 Å². The van der Waals surface area contributed by atoms with Crippen molar-refractivity contribution in [2.45, 2.75) is 13.3 Å². The molecule has 0 fully saturated rings. The molecule has 8 heteroatoms. The lowest BCUT2D eigenvalue weighted by Gasteiger charge is -2.14. The number of anilines is 1. The molecule has 0 aliphatic rings. The van der Waals surface area contributed by atoms with Crippen molar-refractivity contribution in [3.05, 3.63) is 22.7 Å². The van der Waals surface area contributed by atoms with E-state index in [0.29, 0.717) is 11.3 Å². The standard InChI is InChI=1S/C9H8ClF3N2OS/c1-4-2-7(16-9(11,12)13)5(10)3-6(4)15-8(14)17/h2-3H,1H3,(H3,14,15,17). The molecule has 1 aromatic rings. The SMILES string of the molecule is Cc1cc(OC(F)(F)F)c(Cl)cc1NC(N)=S. The molecule has 0 atom stereocenters. The highest BCUT2D eigenvalue weighted by Gasteiger charge is 2.32. The first-order chi connectivity index (χ1) is 7.69. The highest BCUT2D eigenvalue weighted by Crippen LogP contribution is 2.34. The highest BCUT2D eigenvalue weighted by molar-refractivity contribution is 7.80. The van der Waals surface area contributed by atoms with E-state index in [-0.39, 0.29) is 10.1 Å². The normalized spacial score (nSPS) is 11.1. The van der Waals surface area contributed by atoms with Gasteiger partial charge in [0.1, 0.15) is 5.75 Å². The molecule has 0 aliphatic heterocycles. The Morgan fingerprint density at radius 1 is 1.47 bits per heavy atom. The molecule has 3 N–H and O–H groups in total. The van der Waals surface area contributed by atoms with Crippen LogP contribution in [0, 0.1) is 6.92 Å². The molecule has 1 rings (SSSR count). The van der Waals surface area contributed by atoms with Crippen LogP contribution in [0.3, 0.4) is 0 Å². The maximum Gasteiger partial charge on any atom is 0.573 e. The molecule has 0 saturated heterocycles. The molecule has 3 nitrogen and oxygen atoms in total. The van der Waals surface area contributed by atoms with Gasteiger partial charge in [0.25, 0.3) is 0 Å². The van der Waals surface area contributed by atoms with E-state index in [1.807, 2.05) is 0 Å². The first kappa shape index (κ1) is 13.9. The summed E-state index contributed by atoms with van der Waals surface area (Å²) in [6, 6.07) is 2.41. The Morgan fingerprint density at radius 2 is 2.06 bits per heavy atom. The third-order valence-electron chi connectivity index (χ3n) is 1.76. The minimum Gasteiger partial charge on any atom is -0.404 e. The average Bonchev–Trinajstić information content (AvgIpc) is 2.10. The summed E-state index contributed by atoms with van der Waals surface area (Å²) in [5.74, 6) is -0.467. The fourth-order valence-corrected chi connectivity index (χ4v) is 1.44. The van der Waals surface area contributed by atoms with Gasteiger partial charge in [0.15, 0.2) is 5.11 Å². The van der Waals surface area contributed by atoms with Crippen molar-refractivity contribution in [2.24, 2.45) is 5.73 Å². The van der Waals surface area contributed by atoms with Gasteiger partial charge in [-0.1, -0.05) is 11.6 Å². The zero-order chi connectivity index (χ0) is 13.2. The number of ether oxygens (including phenoxy) is 1. The Balaban J connectivity index is 3.05. The number of benzene rings is 1. The summed E-state index contributed by atoms with van der Waals surface area (Å²) in [6.45, 7) is 1.57. The Morgan fingerprint density at radius 3 is 2.53 bits per heavy atom. The van der Waals surface area contributed by atoms with Gasteiger partial charge in [-0.15, -0.1) is 13.2 Å². The van der Waals surface area contributed by atoms with E-state index in [0.717, 1.165) is 6.07 Å². The summed E-state index contributed by atoms with van der Waals surface area (Å²) in [5, 5.41) is 2.40. The van der Waals surface area contributed by atoms with Crippen LogP contribution in [-0.2, 0) is 0 Å². The van der Waals surface area contributed by atoms with Crippen molar-refractivity contribution in [1.82, 2.24) is 0 Å². The number of thiocarbonyl (C=S) groups is 1. The van der Waals surface area contributed by atoms with E-state index in [9.17, 15) is 13.2 Å². The van der Waals surface area contributed by atoms with Crippen LogP contribution < -0.4 is 15.8 Å². The molecule has 1 aromatic carbocycles. The maximum atomic E-state index is 12.0. The molecule has 0 aromatic heterocycles. The minimum atomic E-state index is -4.78. The van der Waals surface area contributed by atoms with Crippen molar-refractivity contribution in [1.29, 1.82) is 0 Å². The summed E-state index contributed by atoms with van der Waals surface area (Å²) in [4.78, 5) is 0.